The Bertz CT molecular complexity index is 1470. The molecule has 2 heterocycles. The zero-order valence-corrected chi connectivity index (χ0v) is 24.2. The van der Waals surface area contributed by atoms with Gasteiger partial charge < -0.3 is 29.0 Å². The number of hydrogen-bond donors (Lipinski definition) is 2. The zero-order chi connectivity index (χ0) is 29.6. The monoisotopic (exact) mass is 586 g/mol. The SMILES string of the molecule is COc1cccc(Oc2c(C(C)(C)C)cc(C(=O)N3CCOCC3)c(S(=O)(=O)Nc3ccncn3)c2OCCO)c1. The van der Waals surface area contributed by atoms with Crippen LogP contribution in [0.4, 0.5) is 5.82 Å². The maximum Gasteiger partial charge on any atom is 0.267 e. The van der Waals surface area contributed by atoms with E-state index in [9.17, 15) is 18.3 Å². The second kappa shape index (κ2) is 12.7. The van der Waals surface area contributed by atoms with Crippen molar-refractivity contribution in [1.29, 1.82) is 0 Å². The third-order valence-electron chi connectivity index (χ3n) is 6.22. The molecule has 4 rings (SSSR count). The van der Waals surface area contributed by atoms with Crippen molar-refractivity contribution in [3.63, 3.8) is 0 Å². The van der Waals surface area contributed by atoms with Crippen molar-refractivity contribution in [3.05, 3.63) is 60.0 Å². The van der Waals surface area contributed by atoms with Crippen LogP contribution in [0.2, 0.25) is 0 Å². The number of nitrogens with zero attached hydrogens (tertiary/aromatic N) is 3. The van der Waals surface area contributed by atoms with E-state index in [1.165, 1.54) is 36.7 Å². The highest BCUT2D eigenvalue weighted by atomic mass is 32.2. The van der Waals surface area contributed by atoms with E-state index in [1.54, 1.807) is 24.3 Å². The van der Waals surface area contributed by atoms with E-state index in [4.69, 9.17) is 18.9 Å². The molecule has 1 aliphatic heterocycles. The van der Waals surface area contributed by atoms with Gasteiger partial charge >= 0.3 is 0 Å². The fourth-order valence-corrected chi connectivity index (χ4v) is 5.57. The normalized spacial score (nSPS) is 13.9. The summed E-state index contributed by atoms with van der Waals surface area (Å²) in [4.78, 5) is 22.9. The van der Waals surface area contributed by atoms with Gasteiger partial charge in [0.25, 0.3) is 15.9 Å². The number of benzene rings is 2. The molecule has 220 valence electrons. The number of rotatable bonds is 10. The Balaban J connectivity index is 2.02. The summed E-state index contributed by atoms with van der Waals surface area (Å²) < 4.78 is 53.6. The number of nitrogens with one attached hydrogen (secondary N) is 1. The van der Waals surface area contributed by atoms with Gasteiger partial charge in [-0.2, -0.15) is 0 Å². The first-order valence-electron chi connectivity index (χ1n) is 13.0. The molecule has 1 amide bonds. The number of anilines is 1. The molecule has 0 aliphatic carbocycles. The van der Waals surface area contributed by atoms with Crippen LogP contribution in [0, 0.1) is 0 Å². The van der Waals surface area contributed by atoms with Crippen molar-refractivity contribution in [1.82, 2.24) is 14.9 Å². The molecule has 2 aromatic carbocycles. The first-order valence-corrected chi connectivity index (χ1v) is 14.5. The molecule has 13 heteroatoms. The van der Waals surface area contributed by atoms with E-state index < -0.39 is 32.8 Å². The van der Waals surface area contributed by atoms with Crippen LogP contribution >= 0.6 is 0 Å². The molecule has 1 aromatic heterocycles. The third kappa shape index (κ3) is 7.04. The van der Waals surface area contributed by atoms with Crippen molar-refractivity contribution < 1.29 is 37.3 Å². The minimum atomic E-state index is -4.51. The highest BCUT2D eigenvalue weighted by molar-refractivity contribution is 7.93. The zero-order valence-electron chi connectivity index (χ0n) is 23.4. The molecule has 1 fully saturated rings. The predicted molar refractivity (Wildman–Crippen MR) is 150 cm³/mol. The molecule has 3 aromatic rings. The highest BCUT2D eigenvalue weighted by Gasteiger charge is 2.37. The summed E-state index contributed by atoms with van der Waals surface area (Å²) in [6, 6.07) is 9.71. The maximum atomic E-state index is 14.1. The van der Waals surface area contributed by atoms with Gasteiger partial charge in [0.15, 0.2) is 11.5 Å². The summed E-state index contributed by atoms with van der Waals surface area (Å²) in [5.41, 5.74) is -0.219. The van der Waals surface area contributed by atoms with Gasteiger partial charge in [-0.1, -0.05) is 26.8 Å². The van der Waals surface area contributed by atoms with Crippen molar-refractivity contribution in [2.24, 2.45) is 0 Å². The number of amides is 1. The van der Waals surface area contributed by atoms with Crippen molar-refractivity contribution in [2.45, 2.75) is 31.1 Å². The first kappa shape index (κ1) is 30.0. The van der Waals surface area contributed by atoms with Crippen molar-refractivity contribution in [2.75, 3.05) is 51.3 Å². The quantitative estimate of drug-likeness (QED) is 0.363. The molecule has 12 nitrogen and oxygen atoms in total. The van der Waals surface area contributed by atoms with Crippen LogP contribution in [0.1, 0.15) is 36.7 Å². The number of hydrogen-bond acceptors (Lipinski definition) is 10. The van der Waals surface area contributed by atoms with Crippen LogP contribution in [-0.4, -0.2) is 80.9 Å². The van der Waals surface area contributed by atoms with E-state index in [0.29, 0.717) is 30.3 Å². The summed E-state index contributed by atoms with van der Waals surface area (Å²) in [5, 5.41) is 9.66. The number of carbonyl (C=O) groups excluding carboxylic acids is 1. The maximum absolute atomic E-state index is 14.1. The number of sulfonamides is 1. The summed E-state index contributed by atoms with van der Waals surface area (Å²) >= 11 is 0. The van der Waals surface area contributed by atoms with E-state index in [1.807, 2.05) is 20.8 Å². The number of ether oxygens (including phenoxy) is 4. The molecule has 0 radical (unpaired) electrons. The van der Waals surface area contributed by atoms with E-state index >= 15 is 0 Å². The predicted octanol–water partition coefficient (Wildman–Crippen LogP) is 3.22. The molecule has 0 spiro atoms. The lowest BCUT2D eigenvalue weighted by Crippen LogP contribution is -2.41. The lowest BCUT2D eigenvalue weighted by atomic mass is 9.84. The molecular weight excluding hydrogens is 552 g/mol. The lowest BCUT2D eigenvalue weighted by Gasteiger charge is -2.31. The fourth-order valence-electron chi connectivity index (χ4n) is 4.25. The van der Waals surface area contributed by atoms with Crippen LogP contribution in [0.15, 0.2) is 53.8 Å². The standard InChI is InChI=1S/C28H34N4O8S/c1-28(2,3)22-17-21(27(34)32-10-13-38-14-11-32)26(41(35,36)31-23-8-9-29-18-30-23)25(39-15-12-33)24(22)40-20-7-5-6-19(16-20)37-4/h5-9,16-18,33H,10-15H2,1-4H3,(H,29,30,31). The fraction of sp³-hybridized carbons (Fsp3) is 0.393. The molecule has 0 saturated carbocycles. The van der Waals surface area contributed by atoms with Gasteiger partial charge in [-0.25, -0.2) is 18.4 Å². The summed E-state index contributed by atoms with van der Waals surface area (Å²) in [6.45, 7) is 6.28. The molecule has 1 saturated heterocycles. The molecule has 0 unspecified atom stereocenters. The van der Waals surface area contributed by atoms with Crippen LogP contribution in [-0.2, 0) is 20.2 Å². The molecule has 41 heavy (non-hydrogen) atoms. The van der Waals surface area contributed by atoms with Gasteiger partial charge in [-0.15, -0.1) is 0 Å². The second-order valence-corrected chi connectivity index (χ2v) is 11.8. The van der Waals surface area contributed by atoms with Gasteiger partial charge in [0, 0.05) is 30.9 Å². The van der Waals surface area contributed by atoms with E-state index in [-0.39, 0.29) is 42.6 Å². The minimum Gasteiger partial charge on any atom is -0.497 e. The van der Waals surface area contributed by atoms with Gasteiger partial charge in [0.2, 0.25) is 0 Å². The summed E-state index contributed by atoms with van der Waals surface area (Å²) in [5.74, 6) is 0.225. The van der Waals surface area contributed by atoms with Crippen LogP contribution in [0.5, 0.6) is 23.0 Å². The summed E-state index contributed by atoms with van der Waals surface area (Å²) in [7, 11) is -2.99. The minimum absolute atomic E-state index is 0.00644. The lowest BCUT2D eigenvalue weighted by molar-refractivity contribution is 0.0299. The van der Waals surface area contributed by atoms with Crippen LogP contribution in [0.25, 0.3) is 0 Å². The summed E-state index contributed by atoms with van der Waals surface area (Å²) in [6.07, 6.45) is 2.58. The number of carbonyl (C=O) groups is 1. The third-order valence-corrected chi connectivity index (χ3v) is 7.64. The van der Waals surface area contributed by atoms with Gasteiger partial charge in [-0.05, 0) is 29.7 Å². The van der Waals surface area contributed by atoms with E-state index in [0.717, 1.165) is 0 Å². The van der Waals surface area contributed by atoms with Crippen LogP contribution in [0.3, 0.4) is 0 Å². The van der Waals surface area contributed by atoms with E-state index in [2.05, 4.69) is 14.7 Å². The van der Waals surface area contributed by atoms with Gasteiger partial charge in [-0.3, -0.25) is 9.52 Å². The average molecular weight is 587 g/mol. The Labute approximate surface area is 239 Å². The number of aliphatic hydroxyl groups is 1. The number of methoxy groups -OCH3 is 1. The molecule has 0 bridgehead atoms. The molecule has 1 aliphatic rings. The Morgan fingerprint density at radius 2 is 1.85 bits per heavy atom. The Morgan fingerprint density at radius 1 is 1.12 bits per heavy atom. The molecule has 0 atom stereocenters. The smallest absolute Gasteiger partial charge is 0.267 e. The molecular formula is C28H34N4O8S. The Kier molecular flexibility index (Phi) is 9.31. The topological polar surface area (TPSA) is 149 Å². The molecule has 2 N–H and O–H groups in total. The van der Waals surface area contributed by atoms with Crippen molar-refractivity contribution >= 4 is 21.7 Å². The number of morpholine rings is 1. The Morgan fingerprint density at radius 3 is 2.49 bits per heavy atom. The van der Waals surface area contributed by atoms with Crippen LogP contribution < -0.4 is 18.9 Å². The van der Waals surface area contributed by atoms with Gasteiger partial charge in [0.1, 0.15) is 35.1 Å². The van der Waals surface area contributed by atoms with Crippen molar-refractivity contribution in [3.8, 4) is 23.0 Å². The largest absolute Gasteiger partial charge is 0.497 e. The second-order valence-electron chi connectivity index (χ2n) is 10.2. The first-order chi connectivity index (χ1) is 19.5. The Hall–Kier alpha value is -3.94. The number of aliphatic hydroxyl groups excluding tert-OH is 1. The van der Waals surface area contributed by atoms with Gasteiger partial charge in [0.05, 0.1) is 32.5 Å². The number of aromatic nitrogens is 2. The average Bonchev–Trinajstić information content (AvgIpc) is 2.96. The highest BCUT2D eigenvalue weighted by Crippen LogP contribution is 2.47.